The van der Waals surface area contributed by atoms with Gasteiger partial charge in [-0.05, 0) is 105 Å². The molecule has 0 spiro atoms. The first kappa shape index (κ1) is 28.1. The van der Waals surface area contributed by atoms with Crippen molar-refractivity contribution in [2.45, 2.75) is 57.2 Å². The molecule has 6 nitrogen and oxygen atoms in total. The number of hydrogen-bond acceptors (Lipinski definition) is 5. The van der Waals surface area contributed by atoms with Crippen LogP contribution in [0.3, 0.4) is 0 Å². The fraction of sp³-hybridized carbons (Fsp3) is 0.552. The van der Waals surface area contributed by atoms with Crippen LogP contribution in [0.25, 0.3) is 0 Å². The summed E-state index contributed by atoms with van der Waals surface area (Å²) in [5, 5.41) is 0. The molecule has 0 bridgehead atoms. The van der Waals surface area contributed by atoms with Crippen molar-refractivity contribution in [2.24, 2.45) is 11.8 Å². The third-order valence-electron chi connectivity index (χ3n) is 8.15. The van der Waals surface area contributed by atoms with Crippen LogP contribution in [0.1, 0.15) is 61.3 Å². The number of nitrogens with zero attached hydrogens (tertiary/aromatic N) is 2. The number of ether oxygens (including phenoxy) is 1. The molecule has 0 N–H and O–H groups in total. The molecule has 0 radical (unpaired) electrons. The normalized spacial score (nSPS) is 21.4. The van der Waals surface area contributed by atoms with Crippen molar-refractivity contribution in [3.05, 3.63) is 59.2 Å². The van der Waals surface area contributed by atoms with E-state index in [4.69, 9.17) is 4.74 Å². The van der Waals surface area contributed by atoms with E-state index in [1.54, 1.807) is 0 Å². The molecule has 2 atom stereocenters. The lowest BCUT2D eigenvalue weighted by atomic mass is 9.79. The van der Waals surface area contributed by atoms with Crippen molar-refractivity contribution < 1.29 is 31.5 Å². The lowest BCUT2D eigenvalue weighted by Crippen LogP contribution is -2.45. The Morgan fingerprint density at radius 3 is 2.31 bits per heavy atom. The Morgan fingerprint density at radius 1 is 0.974 bits per heavy atom. The van der Waals surface area contributed by atoms with Crippen LogP contribution in [0.4, 0.5) is 13.2 Å². The molecule has 1 amide bonds. The Hall–Kier alpha value is -2.43. The van der Waals surface area contributed by atoms with E-state index in [0.29, 0.717) is 23.8 Å². The highest BCUT2D eigenvalue weighted by Crippen LogP contribution is 2.43. The molecular weight excluding hydrogens is 529 g/mol. The van der Waals surface area contributed by atoms with Crippen LogP contribution in [0.5, 0.6) is 11.5 Å². The summed E-state index contributed by atoms with van der Waals surface area (Å²) in [6.45, 7) is 3.15. The van der Waals surface area contributed by atoms with Gasteiger partial charge in [-0.1, -0.05) is 17.1 Å². The number of fused-ring (bicyclic) bond motifs is 1. The zero-order valence-electron chi connectivity index (χ0n) is 21.8. The monoisotopic (exact) mass is 563 g/mol. The Balaban J connectivity index is 1.34. The summed E-state index contributed by atoms with van der Waals surface area (Å²) in [6.07, 6.45) is 1.64. The first-order chi connectivity index (χ1) is 18.7. The van der Waals surface area contributed by atoms with Gasteiger partial charge in [0.2, 0.25) is 5.91 Å². The Kier molecular flexibility index (Phi) is 8.63. The van der Waals surface area contributed by atoms with Crippen molar-refractivity contribution in [1.29, 1.82) is 0 Å². The Labute approximate surface area is 229 Å². The molecule has 2 unspecified atom stereocenters. The number of rotatable bonds is 9. The number of hydrogen-bond donors (Lipinski definition) is 0. The summed E-state index contributed by atoms with van der Waals surface area (Å²) in [5.74, 6) is 1.90. The first-order valence-corrected chi connectivity index (χ1v) is 15.0. The zero-order valence-corrected chi connectivity index (χ0v) is 22.6. The van der Waals surface area contributed by atoms with Crippen LogP contribution >= 0.6 is 0 Å². The van der Waals surface area contributed by atoms with Crippen LogP contribution in [0, 0.1) is 11.8 Å². The van der Waals surface area contributed by atoms with E-state index in [2.05, 4.69) is 4.90 Å². The predicted octanol–water partition coefficient (Wildman–Crippen LogP) is 5.70. The average Bonchev–Trinajstić information content (AvgIpc) is 3.76. The number of carbonyl (C=O) groups excluding carboxylic acids is 1. The molecule has 10 heteroatoms. The fourth-order valence-electron chi connectivity index (χ4n) is 5.95. The molecule has 1 saturated heterocycles. The average molecular weight is 564 g/mol. The minimum atomic E-state index is -4.40. The molecule has 2 heterocycles. The van der Waals surface area contributed by atoms with Gasteiger partial charge >= 0.3 is 6.18 Å². The molecule has 2 fully saturated rings. The molecule has 1 aliphatic carbocycles. The predicted molar refractivity (Wildman–Crippen MR) is 141 cm³/mol. The third-order valence-corrected chi connectivity index (χ3v) is 8.77. The van der Waals surface area contributed by atoms with Crippen LogP contribution in [-0.2, 0) is 28.5 Å². The molecule has 1 saturated carbocycles. The van der Waals surface area contributed by atoms with Crippen molar-refractivity contribution >= 4 is 17.0 Å². The Bertz CT molecular complexity index is 1180. The maximum atomic E-state index is 13.0. The number of unbranched alkanes of at least 4 members (excludes halogenated alkanes) is 1. The number of carbonyl (C=O) groups is 1. The second-order valence-electron chi connectivity index (χ2n) is 10.9. The maximum absolute atomic E-state index is 13.0. The second-order valence-corrected chi connectivity index (χ2v) is 11.9. The van der Waals surface area contributed by atoms with Gasteiger partial charge in [0, 0.05) is 37.3 Å². The summed E-state index contributed by atoms with van der Waals surface area (Å²) >= 11 is -2.04. The van der Waals surface area contributed by atoms with Gasteiger partial charge in [0.15, 0.2) is 0 Å². The highest BCUT2D eigenvalue weighted by molar-refractivity contribution is 7.79. The SMILES string of the molecule is O=C(C1CC1)N1CCC(C2c3cc(Oc4ccc(C(F)(F)F)cc4)ccc3CCN2CCCCS(=O)[O-])CC1. The van der Waals surface area contributed by atoms with Gasteiger partial charge in [0.25, 0.3) is 0 Å². The number of piperidine rings is 1. The molecule has 212 valence electrons. The van der Waals surface area contributed by atoms with Gasteiger partial charge in [0.05, 0.1) is 5.56 Å². The zero-order chi connectivity index (χ0) is 27.6. The summed E-state index contributed by atoms with van der Waals surface area (Å²) in [5.41, 5.74) is 1.67. The molecule has 2 aromatic carbocycles. The van der Waals surface area contributed by atoms with Crippen LogP contribution in [0.2, 0.25) is 0 Å². The van der Waals surface area contributed by atoms with E-state index in [1.807, 2.05) is 23.1 Å². The van der Waals surface area contributed by atoms with E-state index >= 15 is 0 Å². The summed E-state index contributed by atoms with van der Waals surface area (Å²) in [4.78, 5) is 17.1. The van der Waals surface area contributed by atoms with Gasteiger partial charge in [-0.25, -0.2) is 0 Å². The number of likely N-dealkylation sites (tertiary alicyclic amines) is 1. The molecule has 2 aromatic rings. The topological polar surface area (TPSA) is 72.9 Å². The van der Waals surface area contributed by atoms with Crippen molar-refractivity contribution in [3.63, 3.8) is 0 Å². The largest absolute Gasteiger partial charge is 0.772 e. The van der Waals surface area contributed by atoms with Crippen molar-refractivity contribution in [1.82, 2.24) is 9.80 Å². The molecule has 0 aromatic heterocycles. The standard InChI is InChI=1S/C29H35F3N2O4S/c30-29(31,32)23-6-9-24(10-7-23)38-25-8-5-20-11-15-33(14-1-2-18-39(36)37)27(26(20)19-25)21-12-16-34(17-13-21)28(35)22-3-4-22/h5-10,19,21-22,27H,1-4,11-18H2,(H,36,37)/p-1. The lowest BCUT2D eigenvalue weighted by Gasteiger charge is -2.45. The number of benzene rings is 2. The quantitative estimate of drug-likeness (QED) is 0.289. The second kappa shape index (κ2) is 12.0. The van der Waals surface area contributed by atoms with Gasteiger partial charge < -0.3 is 14.2 Å². The number of halogens is 3. The molecule has 39 heavy (non-hydrogen) atoms. The highest BCUT2D eigenvalue weighted by atomic mass is 32.2. The fourth-order valence-corrected chi connectivity index (χ4v) is 6.39. The molecule has 3 aliphatic rings. The van der Waals surface area contributed by atoms with Crippen LogP contribution < -0.4 is 4.74 Å². The minimum Gasteiger partial charge on any atom is -0.772 e. The van der Waals surface area contributed by atoms with E-state index < -0.39 is 22.8 Å². The molecule has 2 aliphatic heterocycles. The third kappa shape index (κ3) is 7.02. The van der Waals surface area contributed by atoms with Gasteiger partial charge in [-0.15, -0.1) is 0 Å². The van der Waals surface area contributed by atoms with Crippen molar-refractivity contribution in [3.8, 4) is 11.5 Å². The maximum Gasteiger partial charge on any atom is 0.416 e. The van der Waals surface area contributed by atoms with Gasteiger partial charge in [-0.3, -0.25) is 13.9 Å². The Morgan fingerprint density at radius 2 is 1.67 bits per heavy atom. The summed E-state index contributed by atoms with van der Waals surface area (Å²) in [7, 11) is 0. The number of amides is 1. The summed E-state index contributed by atoms with van der Waals surface area (Å²) < 4.78 is 66.9. The van der Waals surface area contributed by atoms with Crippen LogP contribution in [-0.4, -0.2) is 56.4 Å². The van der Waals surface area contributed by atoms with Gasteiger partial charge in [0.1, 0.15) is 11.5 Å². The highest BCUT2D eigenvalue weighted by Gasteiger charge is 2.39. The molecular formula is C29H34F3N2O4S-. The van der Waals surface area contributed by atoms with E-state index in [9.17, 15) is 26.7 Å². The van der Waals surface area contributed by atoms with Crippen molar-refractivity contribution in [2.75, 3.05) is 31.9 Å². The van der Waals surface area contributed by atoms with E-state index in [-0.39, 0.29) is 23.6 Å². The molecule has 5 rings (SSSR count). The lowest BCUT2D eigenvalue weighted by molar-refractivity contribution is -0.137. The summed E-state index contributed by atoms with van der Waals surface area (Å²) in [6, 6.07) is 10.7. The van der Waals surface area contributed by atoms with E-state index in [0.717, 1.165) is 82.4 Å². The van der Waals surface area contributed by atoms with Crippen LogP contribution in [0.15, 0.2) is 42.5 Å². The number of alkyl halides is 3. The minimum absolute atomic E-state index is 0.112. The smallest absolute Gasteiger partial charge is 0.416 e. The van der Waals surface area contributed by atoms with Gasteiger partial charge in [-0.2, -0.15) is 13.2 Å². The first-order valence-electron chi connectivity index (χ1n) is 13.8. The van der Waals surface area contributed by atoms with E-state index in [1.165, 1.54) is 17.7 Å².